The maximum absolute atomic E-state index is 11.7. The number of aliphatic hydroxyl groups excluding tert-OH is 1. The molecule has 0 saturated heterocycles. The molecule has 1 aliphatic rings. The zero-order valence-electron chi connectivity index (χ0n) is 11.2. The number of hydrogen-bond acceptors (Lipinski definition) is 3. The third-order valence-corrected chi connectivity index (χ3v) is 3.69. The van der Waals surface area contributed by atoms with Crippen LogP contribution in [0.5, 0.6) is 0 Å². The van der Waals surface area contributed by atoms with Gasteiger partial charge < -0.3 is 15.2 Å². The predicted molar refractivity (Wildman–Crippen MR) is 72.6 cm³/mol. The SMILES string of the molecule is C[C@@H]1CC[C@@H](NC(=O)OCc2ccccc2)C[C@H]1O. The van der Waals surface area contributed by atoms with Crippen LogP contribution >= 0.6 is 0 Å². The van der Waals surface area contributed by atoms with Crippen molar-refractivity contribution in [1.29, 1.82) is 0 Å². The first-order valence-electron chi connectivity index (χ1n) is 6.80. The van der Waals surface area contributed by atoms with Crippen molar-refractivity contribution in [2.45, 2.75) is 44.9 Å². The molecule has 0 aliphatic heterocycles. The Morgan fingerprint density at radius 3 is 2.79 bits per heavy atom. The van der Waals surface area contributed by atoms with Crippen LogP contribution in [0.15, 0.2) is 30.3 Å². The fourth-order valence-electron chi connectivity index (χ4n) is 2.36. The number of rotatable bonds is 3. The van der Waals surface area contributed by atoms with E-state index in [1.807, 2.05) is 37.3 Å². The topological polar surface area (TPSA) is 58.6 Å². The van der Waals surface area contributed by atoms with Gasteiger partial charge in [-0.15, -0.1) is 0 Å². The molecule has 0 spiro atoms. The van der Waals surface area contributed by atoms with Crippen molar-refractivity contribution in [3.8, 4) is 0 Å². The van der Waals surface area contributed by atoms with Crippen molar-refractivity contribution in [2.24, 2.45) is 5.92 Å². The van der Waals surface area contributed by atoms with Crippen LogP contribution in [0.1, 0.15) is 31.7 Å². The van der Waals surface area contributed by atoms with Crippen molar-refractivity contribution in [3.05, 3.63) is 35.9 Å². The molecular formula is C15H21NO3. The van der Waals surface area contributed by atoms with Crippen LogP contribution in [0.2, 0.25) is 0 Å². The van der Waals surface area contributed by atoms with E-state index in [9.17, 15) is 9.90 Å². The Morgan fingerprint density at radius 1 is 1.37 bits per heavy atom. The van der Waals surface area contributed by atoms with E-state index in [1.165, 1.54) is 0 Å². The van der Waals surface area contributed by atoms with Gasteiger partial charge in [-0.25, -0.2) is 4.79 Å². The summed E-state index contributed by atoms with van der Waals surface area (Å²) in [5.41, 5.74) is 0.968. The zero-order valence-corrected chi connectivity index (χ0v) is 11.2. The first-order chi connectivity index (χ1) is 9.15. The Hall–Kier alpha value is -1.55. The van der Waals surface area contributed by atoms with Gasteiger partial charge in [0.1, 0.15) is 6.61 Å². The Morgan fingerprint density at radius 2 is 2.11 bits per heavy atom. The maximum atomic E-state index is 11.7. The summed E-state index contributed by atoms with van der Waals surface area (Å²) < 4.78 is 5.16. The van der Waals surface area contributed by atoms with Crippen LogP contribution in [-0.2, 0) is 11.3 Å². The maximum Gasteiger partial charge on any atom is 0.407 e. The first kappa shape index (κ1) is 13.9. The van der Waals surface area contributed by atoms with Crippen LogP contribution in [0.4, 0.5) is 4.79 Å². The number of alkyl carbamates (subject to hydrolysis) is 1. The molecule has 1 saturated carbocycles. The van der Waals surface area contributed by atoms with Crippen molar-refractivity contribution in [1.82, 2.24) is 5.32 Å². The molecule has 0 bridgehead atoms. The minimum Gasteiger partial charge on any atom is -0.445 e. The quantitative estimate of drug-likeness (QED) is 0.880. The largest absolute Gasteiger partial charge is 0.445 e. The van der Waals surface area contributed by atoms with Gasteiger partial charge in [0.15, 0.2) is 0 Å². The van der Waals surface area contributed by atoms with Crippen molar-refractivity contribution >= 4 is 6.09 Å². The van der Waals surface area contributed by atoms with Crippen LogP contribution in [0.25, 0.3) is 0 Å². The van der Waals surface area contributed by atoms with E-state index in [4.69, 9.17) is 4.74 Å². The fourth-order valence-corrected chi connectivity index (χ4v) is 2.36. The molecule has 104 valence electrons. The van der Waals surface area contributed by atoms with Gasteiger partial charge in [-0.05, 0) is 30.7 Å². The lowest BCUT2D eigenvalue weighted by Gasteiger charge is -2.31. The molecule has 4 nitrogen and oxygen atoms in total. The van der Waals surface area contributed by atoms with E-state index >= 15 is 0 Å². The summed E-state index contributed by atoms with van der Waals surface area (Å²) in [4.78, 5) is 11.7. The molecule has 2 rings (SSSR count). The highest BCUT2D eigenvalue weighted by Crippen LogP contribution is 2.24. The smallest absolute Gasteiger partial charge is 0.407 e. The lowest BCUT2D eigenvalue weighted by Crippen LogP contribution is -2.42. The Kier molecular flexibility index (Phi) is 4.80. The molecule has 3 atom stereocenters. The Balaban J connectivity index is 1.73. The van der Waals surface area contributed by atoms with Crippen molar-refractivity contribution < 1.29 is 14.6 Å². The second kappa shape index (κ2) is 6.57. The molecule has 1 amide bonds. The van der Waals surface area contributed by atoms with Gasteiger partial charge >= 0.3 is 6.09 Å². The summed E-state index contributed by atoms with van der Waals surface area (Å²) >= 11 is 0. The summed E-state index contributed by atoms with van der Waals surface area (Å²) in [5.74, 6) is 0.318. The van der Waals surface area contributed by atoms with E-state index in [-0.39, 0.29) is 18.8 Å². The number of carbonyl (C=O) groups is 1. The molecule has 0 heterocycles. The van der Waals surface area contributed by atoms with Crippen LogP contribution in [0, 0.1) is 5.92 Å². The van der Waals surface area contributed by atoms with Gasteiger partial charge in [-0.1, -0.05) is 37.3 Å². The number of amides is 1. The van der Waals surface area contributed by atoms with E-state index in [2.05, 4.69) is 5.32 Å². The number of nitrogens with one attached hydrogen (secondary N) is 1. The number of benzene rings is 1. The highest BCUT2D eigenvalue weighted by molar-refractivity contribution is 5.67. The molecule has 0 radical (unpaired) electrons. The minimum absolute atomic E-state index is 0.0227. The van der Waals surface area contributed by atoms with Gasteiger partial charge in [-0.2, -0.15) is 0 Å². The number of hydrogen-bond donors (Lipinski definition) is 2. The summed E-state index contributed by atoms with van der Waals surface area (Å²) in [5, 5.41) is 12.6. The third kappa shape index (κ3) is 4.24. The molecule has 1 aromatic rings. The van der Waals surface area contributed by atoms with Crippen LogP contribution < -0.4 is 5.32 Å². The summed E-state index contributed by atoms with van der Waals surface area (Å²) in [6, 6.07) is 9.60. The normalized spacial score (nSPS) is 26.7. The highest BCUT2D eigenvalue weighted by Gasteiger charge is 2.27. The molecule has 1 aliphatic carbocycles. The zero-order chi connectivity index (χ0) is 13.7. The monoisotopic (exact) mass is 263 g/mol. The van der Waals surface area contributed by atoms with Gasteiger partial charge in [0.25, 0.3) is 0 Å². The van der Waals surface area contributed by atoms with Gasteiger partial charge in [0.2, 0.25) is 0 Å². The molecule has 1 aromatic carbocycles. The Labute approximate surface area is 113 Å². The number of ether oxygens (including phenoxy) is 1. The van der Waals surface area contributed by atoms with Crippen molar-refractivity contribution in [3.63, 3.8) is 0 Å². The second-order valence-corrected chi connectivity index (χ2v) is 5.26. The third-order valence-electron chi connectivity index (χ3n) is 3.69. The molecule has 4 heteroatoms. The molecule has 1 fully saturated rings. The summed E-state index contributed by atoms with van der Waals surface area (Å²) in [6.07, 6.45) is 1.72. The lowest BCUT2D eigenvalue weighted by molar-refractivity contribution is 0.0602. The van der Waals surface area contributed by atoms with Crippen LogP contribution in [0.3, 0.4) is 0 Å². The van der Waals surface area contributed by atoms with E-state index in [0.29, 0.717) is 12.3 Å². The molecule has 0 unspecified atom stereocenters. The second-order valence-electron chi connectivity index (χ2n) is 5.26. The minimum atomic E-state index is -0.407. The van der Waals surface area contributed by atoms with E-state index in [1.54, 1.807) is 0 Å². The Bertz CT molecular complexity index is 407. The summed E-state index contributed by atoms with van der Waals surface area (Å²) in [6.45, 7) is 2.31. The number of carbonyl (C=O) groups excluding carboxylic acids is 1. The van der Waals surface area contributed by atoms with Crippen LogP contribution in [-0.4, -0.2) is 23.3 Å². The fraction of sp³-hybridized carbons (Fsp3) is 0.533. The average Bonchev–Trinajstić information content (AvgIpc) is 2.42. The van der Waals surface area contributed by atoms with E-state index in [0.717, 1.165) is 18.4 Å². The summed E-state index contributed by atoms with van der Waals surface area (Å²) in [7, 11) is 0. The molecule has 19 heavy (non-hydrogen) atoms. The van der Waals surface area contributed by atoms with Gasteiger partial charge in [0, 0.05) is 6.04 Å². The lowest BCUT2D eigenvalue weighted by atomic mass is 9.85. The van der Waals surface area contributed by atoms with Gasteiger partial charge in [-0.3, -0.25) is 0 Å². The van der Waals surface area contributed by atoms with Crippen molar-refractivity contribution in [2.75, 3.05) is 0 Å². The number of aliphatic hydroxyl groups is 1. The van der Waals surface area contributed by atoms with Gasteiger partial charge in [0.05, 0.1) is 6.10 Å². The molecule has 2 N–H and O–H groups in total. The molecular weight excluding hydrogens is 242 g/mol. The predicted octanol–water partition coefficient (Wildman–Crippen LogP) is 2.46. The highest BCUT2D eigenvalue weighted by atomic mass is 16.5. The first-order valence-corrected chi connectivity index (χ1v) is 6.80. The average molecular weight is 263 g/mol. The van der Waals surface area contributed by atoms with E-state index < -0.39 is 6.09 Å². The molecule has 0 aromatic heterocycles. The standard InChI is InChI=1S/C15H21NO3/c1-11-7-8-13(9-14(11)17)16-15(18)19-10-12-5-3-2-4-6-12/h2-6,11,13-14,17H,7-10H2,1H3,(H,16,18)/t11-,13-,14-/m1/s1.